The van der Waals surface area contributed by atoms with Gasteiger partial charge < -0.3 is 4.74 Å². The van der Waals surface area contributed by atoms with Gasteiger partial charge in [0.1, 0.15) is 0 Å². The molecule has 0 heterocycles. The molecule has 23 heteroatoms. The van der Waals surface area contributed by atoms with Gasteiger partial charge in [0.25, 0.3) is 10.1 Å². The van der Waals surface area contributed by atoms with Crippen molar-refractivity contribution in [3.05, 3.63) is 0 Å². The maximum absolute atomic E-state index is 13.5. The van der Waals surface area contributed by atoms with Gasteiger partial charge in [0.15, 0.2) is 0 Å². The summed E-state index contributed by atoms with van der Waals surface area (Å²) in [7, 11) is -5.05. The first kappa shape index (κ1) is 33.6. The average molecular weight is 590 g/mol. The summed E-state index contributed by atoms with van der Waals surface area (Å²) >= 11 is 0. The van der Waals surface area contributed by atoms with Crippen molar-refractivity contribution < 1.29 is 96.7 Å². The van der Waals surface area contributed by atoms with Crippen LogP contribution in [0, 0.1) is 0 Å². The Morgan fingerprint density at radius 3 is 1.23 bits per heavy atom. The smallest absolute Gasteiger partial charge is 0.315 e. The van der Waals surface area contributed by atoms with Crippen LogP contribution in [0.1, 0.15) is 6.42 Å². The summed E-state index contributed by atoms with van der Waals surface area (Å²) in [5, 5.41) is 0. The van der Waals surface area contributed by atoms with Crippen molar-refractivity contribution in [1.82, 2.24) is 0 Å². The molecule has 0 saturated carbocycles. The maximum atomic E-state index is 13.5. The highest BCUT2D eigenvalue weighted by Crippen LogP contribution is 2.64. The van der Waals surface area contributed by atoms with Crippen molar-refractivity contribution in [2.45, 2.75) is 60.4 Å². The Morgan fingerprint density at radius 2 is 0.914 bits per heavy atom. The van der Waals surface area contributed by atoms with Crippen LogP contribution in [0.2, 0.25) is 0 Å². The van der Waals surface area contributed by atoms with Crippen molar-refractivity contribution >= 4 is 10.1 Å². The molecule has 0 aliphatic rings. The first-order chi connectivity index (χ1) is 14.9. The number of hydrogen-bond donors (Lipinski definition) is 1. The van der Waals surface area contributed by atoms with Crippen molar-refractivity contribution in [2.24, 2.45) is 0 Å². The predicted octanol–water partition coefficient (Wildman–Crippen LogP) is 5.59. The first-order valence-corrected chi connectivity index (χ1v) is 9.41. The second-order valence-electron chi connectivity index (χ2n) is 6.37. The molecule has 0 saturated heterocycles. The van der Waals surface area contributed by atoms with Crippen molar-refractivity contribution in [1.29, 1.82) is 0 Å². The molecule has 0 aromatic rings. The molecular weight excluding hydrogens is 582 g/mol. The number of halogens is 18. The summed E-state index contributed by atoms with van der Waals surface area (Å²) < 4.78 is 267. The van der Waals surface area contributed by atoms with E-state index < -0.39 is 82.9 Å². The Bertz CT molecular complexity index is 852. The molecule has 0 spiro atoms. The minimum atomic E-state index is -8.85. The van der Waals surface area contributed by atoms with Gasteiger partial charge in [-0.1, -0.05) is 0 Å². The largest absolute Gasteiger partial charge is 0.426 e. The van der Waals surface area contributed by atoms with E-state index in [-0.39, 0.29) is 0 Å². The number of ether oxygens (including phenoxy) is 1. The summed E-state index contributed by atoms with van der Waals surface area (Å²) in [5.41, 5.74) is 0. The molecule has 0 amide bonds. The van der Waals surface area contributed by atoms with Gasteiger partial charge in [-0.05, 0) is 6.42 Å². The molecule has 4 nitrogen and oxygen atoms in total. The minimum Gasteiger partial charge on any atom is -0.315 e. The third-order valence-corrected chi connectivity index (χ3v) is 4.66. The van der Waals surface area contributed by atoms with E-state index in [1.807, 2.05) is 0 Å². The van der Waals surface area contributed by atoms with Gasteiger partial charge in [-0.2, -0.15) is 78.7 Å². The molecule has 0 fully saturated rings. The monoisotopic (exact) mass is 590 g/mol. The summed E-state index contributed by atoms with van der Waals surface area (Å²) in [4.78, 5) is 0. The van der Waals surface area contributed by atoms with Gasteiger partial charge in [0, 0.05) is 0 Å². The van der Waals surface area contributed by atoms with Crippen LogP contribution in [-0.2, 0) is 14.9 Å². The molecule has 0 aliphatic carbocycles. The van der Waals surface area contributed by atoms with Gasteiger partial charge >= 0.3 is 54.0 Å². The lowest BCUT2D eigenvalue weighted by Crippen LogP contribution is -2.75. The Morgan fingerprint density at radius 1 is 0.600 bits per heavy atom. The maximum Gasteiger partial charge on any atom is 0.426 e. The molecule has 0 unspecified atom stereocenters. The van der Waals surface area contributed by atoms with Gasteiger partial charge in [-0.25, -0.2) is 8.78 Å². The van der Waals surface area contributed by atoms with E-state index >= 15 is 0 Å². The van der Waals surface area contributed by atoms with Crippen LogP contribution in [-0.4, -0.2) is 79.3 Å². The van der Waals surface area contributed by atoms with Crippen molar-refractivity contribution in [2.75, 3.05) is 12.4 Å². The standard InChI is InChI=1S/C12H8F18O4S/c13-4(14)5(15,16)6(17,18)7(19,20)8(21,22)9(23,24)10(25,26)11(27,28)12(29,30)34-2-1-3-35(31,32)33/h4H,1-3H2,(H,31,32,33). The lowest BCUT2D eigenvalue weighted by Gasteiger charge is -2.43. The summed E-state index contributed by atoms with van der Waals surface area (Å²) in [6.07, 6.45) is -14.6. The third-order valence-electron chi connectivity index (χ3n) is 3.86. The van der Waals surface area contributed by atoms with E-state index in [0.29, 0.717) is 0 Å². The fraction of sp³-hybridized carbons (Fsp3) is 1.00. The van der Waals surface area contributed by atoms with E-state index in [1.165, 1.54) is 0 Å². The second kappa shape index (κ2) is 9.17. The Labute approximate surface area is 180 Å². The number of rotatable bonds is 13. The molecule has 0 rings (SSSR count). The second-order valence-corrected chi connectivity index (χ2v) is 7.95. The molecule has 0 radical (unpaired) electrons. The highest BCUT2D eigenvalue weighted by molar-refractivity contribution is 7.85. The van der Waals surface area contributed by atoms with Gasteiger partial charge in [-0.3, -0.25) is 4.55 Å². The minimum absolute atomic E-state index is 1.49. The number of hydrogen-bond acceptors (Lipinski definition) is 3. The first-order valence-electron chi connectivity index (χ1n) is 7.80. The Balaban J connectivity index is 6.45. The SMILES string of the molecule is O=S(=O)(O)CCCOC(F)(F)C(F)(F)C(F)(F)C(F)(F)C(F)(F)C(F)(F)C(F)(F)C(F)(F)C(F)F. The fourth-order valence-corrected chi connectivity index (χ4v) is 2.33. The quantitative estimate of drug-likeness (QED) is 0.173. The van der Waals surface area contributed by atoms with Crippen molar-refractivity contribution in [3.8, 4) is 0 Å². The molecule has 0 atom stereocenters. The molecule has 0 aromatic heterocycles. The third kappa shape index (κ3) is 5.21. The molecule has 35 heavy (non-hydrogen) atoms. The highest BCUT2D eigenvalue weighted by atomic mass is 32.2. The lowest BCUT2D eigenvalue weighted by molar-refractivity contribution is -0.475. The van der Waals surface area contributed by atoms with E-state index in [4.69, 9.17) is 4.55 Å². The van der Waals surface area contributed by atoms with Crippen LogP contribution in [0.4, 0.5) is 79.0 Å². The van der Waals surface area contributed by atoms with Crippen LogP contribution in [0.5, 0.6) is 0 Å². The van der Waals surface area contributed by atoms with Gasteiger partial charge in [0.2, 0.25) is 0 Å². The average Bonchev–Trinajstić information content (AvgIpc) is 2.63. The van der Waals surface area contributed by atoms with E-state index in [1.54, 1.807) is 0 Å². The lowest BCUT2D eigenvalue weighted by atomic mass is 9.89. The van der Waals surface area contributed by atoms with Crippen LogP contribution in [0.3, 0.4) is 0 Å². The van der Waals surface area contributed by atoms with Crippen molar-refractivity contribution in [3.63, 3.8) is 0 Å². The van der Waals surface area contributed by atoms with E-state index in [0.717, 1.165) is 0 Å². The Kier molecular flexibility index (Phi) is 8.81. The normalized spacial score (nSPS) is 16.2. The molecule has 0 bridgehead atoms. The summed E-state index contributed by atoms with van der Waals surface area (Å²) in [6, 6.07) is 0. The molecule has 0 aromatic carbocycles. The summed E-state index contributed by atoms with van der Waals surface area (Å²) in [5.74, 6) is -60.7. The zero-order chi connectivity index (χ0) is 28.9. The highest BCUT2D eigenvalue weighted by Gasteiger charge is 2.95. The van der Waals surface area contributed by atoms with Gasteiger partial charge in [-0.15, -0.1) is 0 Å². The molecule has 0 aliphatic heterocycles. The fourth-order valence-electron chi connectivity index (χ4n) is 1.85. The zero-order valence-corrected chi connectivity index (χ0v) is 16.4. The molecule has 1 N–H and O–H groups in total. The molecule has 212 valence electrons. The van der Waals surface area contributed by atoms with Crippen LogP contribution >= 0.6 is 0 Å². The van der Waals surface area contributed by atoms with Crippen LogP contribution in [0.15, 0.2) is 0 Å². The number of alkyl halides is 18. The Hall–Kier alpha value is -1.39. The summed E-state index contributed by atoms with van der Waals surface area (Å²) in [6.45, 7) is -2.16. The van der Waals surface area contributed by atoms with Crippen LogP contribution in [0.25, 0.3) is 0 Å². The zero-order valence-electron chi connectivity index (χ0n) is 15.6. The van der Waals surface area contributed by atoms with Crippen LogP contribution < -0.4 is 0 Å². The topological polar surface area (TPSA) is 63.6 Å². The van der Waals surface area contributed by atoms with E-state index in [9.17, 15) is 87.4 Å². The van der Waals surface area contributed by atoms with Gasteiger partial charge in [0.05, 0.1) is 12.4 Å². The van der Waals surface area contributed by atoms with E-state index in [2.05, 4.69) is 4.74 Å². The molecular formula is C12H8F18O4S. The predicted molar refractivity (Wildman–Crippen MR) is 72.6 cm³/mol.